The predicted octanol–water partition coefficient (Wildman–Crippen LogP) is 3.58. The Morgan fingerprint density at radius 3 is 2.12 bits per heavy atom. The largest absolute Gasteiger partial charge is 0.453 e. The smallest absolute Gasteiger partial charge is 0.307 e. The van der Waals surface area contributed by atoms with E-state index >= 15 is 0 Å². The monoisotopic (exact) mass is 333 g/mol. The van der Waals surface area contributed by atoms with E-state index in [0.29, 0.717) is 6.42 Å². The first-order valence-electron chi connectivity index (χ1n) is 10.0. The van der Waals surface area contributed by atoms with Crippen molar-refractivity contribution in [1.29, 1.82) is 0 Å². The maximum Gasteiger partial charge on any atom is 0.307 e. The number of carbonyl (C=O) groups is 2. The maximum absolute atomic E-state index is 12.5. The molecule has 5 aliphatic carbocycles. The van der Waals surface area contributed by atoms with Crippen LogP contribution in [0.15, 0.2) is 0 Å². The van der Waals surface area contributed by atoms with E-state index in [1.165, 1.54) is 51.4 Å². The second kappa shape index (κ2) is 6.34. The van der Waals surface area contributed by atoms with Crippen molar-refractivity contribution in [1.82, 2.24) is 5.32 Å². The number of hydrogen-bond donors (Lipinski definition) is 1. The van der Waals surface area contributed by atoms with Gasteiger partial charge in [0.2, 0.25) is 0 Å². The quantitative estimate of drug-likeness (QED) is 0.782. The standard InChI is InChI=1S/C20H31NO3/c1-13(19(23)21-17-4-2-3-5-17)24-18(22)12-20-9-14-6-15(10-20)8-16(7-14)11-20/h13-17H,2-12H2,1H3,(H,21,23)/t13-,14?,15?,16?,20?/m1/s1. The zero-order chi connectivity index (χ0) is 16.7. The molecule has 5 rings (SSSR count). The predicted molar refractivity (Wildman–Crippen MR) is 91.2 cm³/mol. The Balaban J connectivity index is 1.29. The molecule has 5 saturated carbocycles. The van der Waals surface area contributed by atoms with Gasteiger partial charge in [0.15, 0.2) is 6.10 Å². The summed E-state index contributed by atoms with van der Waals surface area (Å²) < 4.78 is 5.51. The fourth-order valence-corrected chi connectivity index (χ4v) is 6.49. The zero-order valence-electron chi connectivity index (χ0n) is 14.9. The lowest BCUT2D eigenvalue weighted by Gasteiger charge is -2.56. The first kappa shape index (κ1) is 16.4. The van der Waals surface area contributed by atoms with Gasteiger partial charge in [0, 0.05) is 6.04 Å². The van der Waals surface area contributed by atoms with Gasteiger partial charge in [-0.05, 0) is 81.5 Å². The number of amides is 1. The Morgan fingerprint density at radius 1 is 1.04 bits per heavy atom. The van der Waals surface area contributed by atoms with Crippen molar-refractivity contribution in [3.8, 4) is 0 Å². The SMILES string of the molecule is C[C@@H](OC(=O)CC12CC3CC(CC(C3)C1)C2)C(=O)NC1CCCC1. The summed E-state index contributed by atoms with van der Waals surface area (Å²) in [5, 5.41) is 3.03. The van der Waals surface area contributed by atoms with E-state index in [-0.39, 0.29) is 23.3 Å². The van der Waals surface area contributed by atoms with Crippen molar-refractivity contribution in [2.75, 3.05) is 0 Å². The van der Waals surface area contributed by atoms with Crippen molar-refractivity contribution in [2.45, 2.75) is 89.7 Å². The highest BCUT2D eigenvalue weighted by Gasteiger charge is 2.51. The number of ether oxygens (including phenoxy) is 1. The summed E-state index contributed by atoms with van der Waals surface area (Å²) in [6.45, 7) is 1.71. The van der Waals surface area contributed by atoms with Gasteiger partial charge in [-0.2, -0.15) is 0 Å². The molecule has 0 aromatic carbocycles. The van der Waals surface area contributed by atoms with Crippen LogP contribution in [0.1, 0.15) is 77.6 Å². The van der Waals surface area contributed by atoms with Crippen LogP contribution in [0.4, 0.5) is 0 Å². The number of nitrogens with one attached hydrogen (secondary N) is 1. The van der Waals surface area contributed by atoms with Gasteiger partial charge in [-0.1, -0.05) is 12.8 Å². The molecule has 5 aliphatic rings. The van der Waals surface area contributed by atoms with Crippen LogP contribution in [0.5, 0.6) is 0 Å². The molecule has 0 aliphatic heterocycles. The Bertz CT molecular complexity index is 474. The highest BCUT2D eigenvalue weighted by atomic mass is 16.5. The topological polar surface area (TPSA) is 55.4 Å². The van der Waals surface area contributed by atoms with Gasteiger partial charge < -0.3 is 10.1 Å². The Hall–Kier alpha value is -1.06. The van der Waals surface area contributed by atoms with Crippen molar-refractivity contribution < 1.29 is 14.3 Å². The van der Waals surface area contributed by atoms with Gasteiger partial charge in [0.25, 0.3) is 5.91 Å². The van der Waals surface area contributed by atoms with E-state index in [1.54, 1.807) is 6.92 Å². The molecule has 134 valence electrons. The Kier molecular flexibility index (Phi) is 4.34. The minimum atomic E-state index is -0.660. The van der Waals surface area contributed by atoms with Crippen LogP contribution in [0.25, 0.3) is 0 Å². The third kappa shape index (κ3) is 3.34. The van der Waals surface area contributed by atoms with Crippen LogP contribution < -0.4 is 5.32 Å². The lowest BCUT2D eigenvalue weighted by atomic mass is 9.49. The molecule has 4 bridgehead atoms. The fraction of sp³-hybridized carbons (Fsp3) is 0.900. The van der Waals surface area contributed by atoms with E-state index in [2.05, 4.69) is 5.32 Å². The summed E-state index contributed by atoms with van der Waals surface area (Å²) >= 11 is 0. The second-order valence-electron chi connectivity index (χ2n) is 9.22. The molecule has 24 heavy (non-hydrogen) atoms. The zero-order valence-corrected chi connectivity index (χ0v) is 14.9. The molecule has 0 aromatic rings. The molecule has 0 radical (unpaired) electrons. The summed E-state index contributed by atoms with van der Waals surface area (Å²) in [4.78, 5) is 24.7. The molecule has 1 amide bonds. The van der Waals surface area contributed by atoms with Crippen LogP contribution in [0, 0.1) is 23.2 Å². The van der Waals surface area contributed by atoms with Crippen molar-refractivity contribution >= 4 is 11.9 Å². The van der Waals surface area contributed by atoms with Gasteiger partial charge in [-0.3, -0.25) is 9.59 Å². The molecule has 0 unspecified atom stereocenters. The Labute approximate surface area is 145 Å². The minimum Gasteiger partial charge on any atom is -0.453 e. The molecule has 4 nitrogen and oxygen atoms in total. The van der Waals surface area contributed by atoms with Crippen LogP contribution in [-0.4, -0.2) is 24.0 Å². The van der Waals surface area contributed by atoms with E-state index in [0.717, 1.165) is 30.6 Å². The van der Waals surface area contributed by atoms with Crippen molar-refractivity contribution in [3.05, 3.63) is 0 Å². The molecule has 1 N–H and O–H groups in total. The summed E-state index contributed by atoms with van der Waals surface area (Å²) in [5.41, 5.74) is 0.188. The Morgan fingerprint density at radius 2 is 1.58 bits per heavy atom. The third-order valence-corrected chi connectivity index (χ3v) is 7.06. The summed E-state index contributed by atoms with van der Waals surface area (Å²) in [6.07, 6.45) is 12.1. The van der Waals surface area contributed by atoms with Crippen molar-refractivity contribution in [2.24, 2.45) is 23.2 Å². The molecule has 5 fully saturated rings. The summed E-state index contributed by atoms with van der Waals surface area (Å²) in [5.74, 6) is 2.23. The van der Waals surface area contributed by atoms with Crippen LogP contribution in [0.2, 0.25) is 0 Å². The van der Waals surface area contributed by atoms with Gasteiger partial charge in [0.1, 0.15) is 0 Å². The first-order valence-corrected chi connectivity index (χ1v) is 10.0. The highest BCUT2D eigenvalue weighted by Crippen LogP contribution is 2.61. The molecule has 4 heteroatoms. The van der Waals surface area contributed by atoms with Crippen LogP contribution in [-0.2, 0) is 14.3 Å². The normalized spacial score (nSPS) is 39.0. The lowest BCUT2D eigenvalue weighted by molar-refractivity contribution is -0.161. The molecule has 0 saturated heterocycles. The second-order valence-corrected chi connectivity index (χ2v) is 9.22. The summed E-state index contributed by atoms with van der Waals surface area (Å²) in [6, 6.07) is 0.279. The molecule has 1 atom stereocenters. The number of esters is 1. The minimum absolute atomic E-state index is 0.124. The highest BCUT2D eigenvalue weighted by molar-refractivity contribution is 5.83. The van der Waals surface area contributed by atoms with Gasteiger partial charge in [0.05, 0.1) is 6.42 Å². The third-order valence-electron chi connectivity index (χ3n) is 7.06. The summed E-state index contributed by atoms with van der Waals surface area (Å²) in [7, 11) is 0. The molecular weight excluding hydrogens is 302 g/mol. The number of rotatable bonds is 5. The van der Waals surface area contributed by atoms with E-state index in [9.17, 15) is 9.59 Å². The molecular formula is C20H31NO3. The van der Waals surface area contributed by atoms with E-state index in [1.807, 2.05) is 0 Å². The van der Waals surface area contributed by atoms with E-state index in [4.69, 9.17) is 4.74 Å². The fourth-order valence-electron chi connectivity index (χ4n) is 6.49. The van der Waals surface area contributed by atoms with Crippen LogP contribution in [0.3, 0.4) is 0 Å². The van der Waals surface area contributed by atoms with Gasteiger partial charge in [-0.25, -0.2) is 0 Å². The number of hydrogen-bond acceptors (Lipinski definition) is 3. The average Bonchev–Trinajstić information content (AvgIpc) is 2.97. The number of carbonyl (C=O) groups excluding carboxylic acids is 2. The first-order chi connectivity index (χ1) is 11.5. The van der Waals surface area contributed by atoms with Crippen LogP contribution >= 0.6 is 0 Å². The van der Waals surface area contributed by atoms with Crippen molar-refractivity contribution in [3.63, 3.8) is 0 Å². The molecule has 0 spiro atoms. The lowest BCUT2D eigenvalue weighted by Crippen LogP contribution is -2.47. The van der Waals surface area contributed by atoms with Gasteiger partial charge >= 0.3 is 5.97 Å². The molecule has 0 heterocycles. The van der Waals surface area contributed by atoms with E-state index < -0.39 is 6.10 Å². The average molecular weight is 333 g/mol. The van der Waals surface area contributed by atoms with Gasteiger partial charge in [-0.15, -0.1) is 0 Å². The maximum atomic E-state index is 12.5. The molecule has 0 aromatic heterocycles.